The third-order valence-corrected chi connectivity index (χ3v) is 4.50. The highest BCUT2D eigenvalue weighted by molar-refractivity contribution is 9.10. The lowest BCUT2D eigenvalue weighted by molar-refractivity contribution is 0.304. The van der Waals surface area contributed by atoms with Crippen molar-refractivity contribution in [2.24, 2.45) is 0 Å². The van der Waals surface area contributed by atoms with Gasteiger partial charge in [-0.3, -0.25) is 0 Å². The van der Waals surface area contributed by atoms with Gasteiger partial charge in [0.05, 0.1) is 11.6 Å². The fraction of sp³-hybridized carbons (Fsp3) is 0.278. The van der Waals surface area contributed by atoms with Crippen LogP contribution in [0.1, 0.15) is 23.6 Å². The number of halogens is 1. The van der Waals surface area contributed by atoms with Gasteiger partial charge < -0.3 is 14.8 Å². The van der Waals surface area contributed by atoms with Gasteiger partial charge in [-0.2, -0.15) is 0 Å². The summed E-state index contributed by atoms with van der Waals surface area (Å²) in [6.07, 6.45) is 0.999. The fourth-order valence-electron chi connectivity index (χ4n) is 2.20. The molecule has 2 aromatic carbocycles. The first-order chi connectivity index (χ1) is 11.0. The number of ether oxygens (including phenoxy) is 2. The molecule has 0 saturated carbocycles. The van der Waals surface area contributed by atoms with Crippen molar-refractivity contribution < 1.29 is 9.47 Å². The average molecular weight is 394 g/mol. The number of nitrogens with one attached hydrogen (secondary N) is 1. The summed E-state index contributed by atoms with van der Waals surface area (Å²) in [5.74, 6) is 0.825. The van der Waals surface area contributed by atoms with E-state index in [1.807, 2.05) is 18.2 Å². The molecule has 0 amide bonds. The van der Waals surface area contributed by atoms with E-state index in [2.05, 4.69) is 53.3 Å². The van der Waals surface area contributed by atoms with E-state index in [1.165, 1.54) is 5.56 Å². The van der Waals surface area contributed by atoms with Crippen molar-refractivity contribution >= 4 is 39.0 Å². The molecule has 0 fully saturated rings. The van der Waals surface area contributed by atoms with Crippen molar-refractivity contribution in [3.63, 3.8) is 0 Å². The predicted molar refractivity (Wildman–Crippen MR) is 102 cm³/mol. The average Bonchev–Trinajstić information content (AvgIpc) is 2.55. The van der Waals surface area contributed by atoms with Gasteiger partial charge >= 0.3 is 0 Å². The summed E-state index contributed by atoms with van der Waals surface area (Å²) in [5, 5.41) is 3.43. The monoisotopic (exact) mass is 393 g/mol. The van der Waals surface area contributed by atoms with Gasteiger partial charge in [0.25, 0.3) is 5.17 Å². The summed E-state index contributed by atoms with van der Waals surface area (Å²) < 4.78 is 12.0. The lowest BCUT2D eigenvalue weighted by Crippen LogP contribution is -2.13. The van der Waals surface area contributed by atoms with Crippen molar-refractivity contribution in [3.05, 3.63) is 57.6 Å². The summed E-state index contributed by atoms with van der Waals surface area (Å²) in [7, 11) is 1.55. The summed E-state index contributed by atoms with van der Waals surface area (Å²) >= 11 is 8.65. The second-order valence-electron chi connectivity index (χ2n) is 5.12. The Morgan fingerprint density at radius 3 is 2.70 bits per heavy atom. The highest BCUT2D eigenvalue weighted by Gasteiger charge is 2.10. The van der Waals surface area contributed by atoms with Gasteiger partial charge in [-0.15, -0.1) is 0 Å². The molecule has 0 radical (unpaired) electrons. The first-order valence-corrected chi connectivity index (χ1v) is 8.60. The van der Waals surface area contributed by atoms with E-state index in [9.17, 15) is 0 Å². The summed E-state index contributed by atoms with van der Waals surface area (Å²) in [4.78, 5) is 0. The zero-order valence-electron chi connectivity index (χ0n) is 13.5. The Hall–Kier alpha value is -1.59. The van der Waals surface area contributed by atoms with E-state index < -0.39 is 0 Å². The molecule has 5 heteroatoms. The lowest BCUT2D eigenvalue weighted by atomic mass is 10.1. The Morgan fingerprint density at radius 2 is 2.04 bits per heavy atom. The molecule has 1 N–H and O–H groups in total. The molecule has 122 valence electrons. The van der Waals surface area contributed by atoms with Crippen LogP contribution in [0.3, 0.4) is 0 Å². The van der Waals surface area contributed by atoms with Crippen molar-refractivity contribution in [1.29, 1.82) is 0 Å². The van der Waals surface area contributed by atoms with Crippen LogP contribution in [0.4, 0.5) is 5.69 Å². The number of thiocarbonyl (C=S) groups is 1. The Balaban J connectivity index is 2.18. The first kappa shape index (κ1) is 17.8. The Morgan fingerprint density at radius 1 is 1.26 bits per heavy atom. The molecule has 0 heterocycles. The molecule has 23 heavy (non-hydrogen) atoms. The lowest BCUT2D eigenvalue weighted by Gasteiger charge is -2.16. The standard InChI is InChI=1S/C18H20BrNO2S/c1-4-13-8-9-17(15(19)10-13)22-11-14-12(2)6-5-7-16(14)20-18(23)21-3/h5-10H,4,11H2,1-3H3,(H,20,23). The molecule has 0 aliphatic carbocycles. The molecule has 2 aromatic rings. The number of aryl methyl sites for hydroxylation is 2. The summed E-state index contributed by atoms with van der Waals surface area (Å²) in [6.45, 7) is 4.63. The Bertz CT molecular complexity index is 703. The van der Waals surface area contributed by atoms with Crippen molar-refractivity contribution in [3.8, 4) is 5.75 Å². The molecule has 2 rings (SSSR count). The number of hydrogen-bond acceptors (Lipinski definition) is 3. The van der Waals surface area contributed by atoms with Gasteiger partial charge in [0.2, 0.25) is 0 Å². The Labute approximate surface area is 151 Å². The molecule has 0 atom stereocenters. The number of hydrogen-bond donors (Lipinski definition) is 1. The minimum absolute atomic E-state index is 0.338. The van der Waals surface area contributed by atoms with Crippen LogP contribution in [-0.4, -0.2) is 12.3 Å². The molecule has 0 saturated heterocycles. The maximum absolute atomic E-state index is 5.99. The number of anilines is 1. The first-order valence-electron chi connectivity index (χ1n) is 7.39. The molecule has 0 unspecified atom stereocenters. The van der Waals surface area contributed by atoms with Gasteiger partial charge in [-0.05, 0) is 70.8 Å². The Kier molecular flexibility index (Phi) is 6.42. The van der Waals surface area contributed by atoms with E-state index in [0.29, 0.717) is 11.8 Å². The van der Waals surface area contributed by atoms with Gasteiger partial charge in [0.15, 0.2) is 0 Å². The van der Waals surface area contributed by atoms with Crippen LogP contribution in [0.15, 0.2) is 40.9 Å². The molecule has 0 spiro atoms. The number of rotatable bonds is 5. The van der Waals surface area contributed by atoms with Crippen LogP contribution >= 0.6 is 28.1 Å². The van der Waals surface area contributed by atoms with Crippen molar-refractivity contribution in [2.75, 3.05) is 12.4 Å². The fourth-order valence-corrected chi connectivity index (χ4v) is 2.85. The molecule has 0 aliphatic rings. The van der Waals surface area contributed by atoms with E-state index in [1.54, 1.807) is 7.11 Å². The quantitative estimate of drug-likeness (QED) is 0.703. The van der Waals surface area contributed by atoms with Crippen LogP contribution < -0.4 is 10.1 Å². The highest BCUT2D eigenvalue weighted by atomic mass is 79.9. The maximum Gasteiger partial charge on any atom is 0.260 e. The molecule has 0 aliphatic heterocycles. The van der Waals surface area contributed by atoms with E-state index in [0.717, 1.165) is 33.5 Å². The van der Waals surface area contributed by atoms with Crippen molar-refractivity contribution in [2.45, 2.75) is 26.9 Å². The summed E-state index contributed by atoms with van der Waals surface area (Å²) in [5.41, 5.74) is 4.36. The predicted octanol–water partition coefficient (Wildman–Crippen LogP) is 5.24. The third-order valence-electron chi connectivity index (χ3n) is 3.61. The van der Waals surface area contributed by atoms with Gasteiger partial charge in [0.1, 0.15) is 12.4 Å². The minimum Gasteiger partial charge on any atom is -0.488 e. The van der Waals surface area contributed by atoms with Crippen molar-refractivity contribution in [1.82, 2.24) is 0 Å². The second-order valence-corrected chi connectivity index (χ2v) is 6.35. The molecular weight excluding hydrogens is 374 g/mol. The van der Waals surface area contributed by atoms with E-state index >= 15 is 0 Å². The van der Waals surface area contributed by atoms with Gasteiger partial charge in [-0.25, -0.2) is 0 Å². The molecular formula is C18H20BrNO2S. The zero-order chi connectivity index (χ0) is 16.8. The van der Waals surface area contributed by atoms with Gasteiger partial charge in [0, 0.05) is 11.3 Å². The van der Waals surface area contributed by atoms with Crippen LogP contribution in [0, 0.1) is 6.92 Å². The molecule has 3 nitrogen and oxygen atoms in total. The largest absolute Gasteiger partial charge is 0.488 e. The van der Waals surface area contributed by atoms with Crippen LogP contribution in [-0.2, 0) is 17.8 Å². The normalized spacial score (nSPS) is 10.3. The minimum atomic E-state index is 0.338. The van der Waals surface area contributed by atoms with E-state index in [4.69, 9.17) is 21.7 Å². The topological polar surface area (TPSA) is 30.5 Å². The van der Waals surface area contributed by atoms with Crippen LogP contribution in [0.5, 0.6) is 5.75 Å². The molecule has 0 aromatic heterocycles. The van der Waals surface area contributed by atoms with E-state index in [-0.39, 0.29) is 0 Å². The summed E-state index contributed by atoms with van der Waals surface area (Å²) in [6, 6.07) is 12.2. The second kappa shape index (κ2) is 8.31. The SMILES string of the molecule is CCc1ccc(OCc2c(C)cccc2NC(=S)OC)c(Br)c1. The zero-order valence-corrected chi connectivity index (χ0v) is 15.9. The van der Waals surface area contributed by atoms with Gasteiger partial charge in [-0.1, -0.05) is 25.1 Å². The smallest absolute Gasteiger partial charge is 0.260 e. The maximum atomic E-state index is 5.99. The molecule has 0 bridgehead atoms. The third kappa shape index (κ3) is 4.69. The number of benzene rings is 2. The highest BCUT2D eigenvalue weighted by Crippen LogP contribution is 2.28. The van der Waals surface area contributed by atoms with Crippen LogP contribution in [0.25, 0.3) is 0 Å². The van der Waals surface area contributed by atoms with Crippen LogP contribution in [0.2, 0.25) is 0 Å². The number of methoxy groups -OCH3 is 1.